The first-order chi connectivity index (χ1) is 7.65. The van der Waals surface area contributed by atoms with E-state index in [1.807, 2.05) is 0 Å². The number of furan rings is 1. The molecular weight excluding hydrogens is 209 g/mol. The summed E-state index contributed by atoms with van der Waals surface area (Å²) in [5, 5.41) is 12.9. The maximum atomic E-state index is 12.9. The molecule has 0 fully saturated rings. The zero-order valence-electron chi connectivity index (χ0n) is 9.03. The minimum Gasteiger partial charge on any atom is -0.460 e. The van der Waals surface area contributed by atoms with Gasteiger partial charge in [-0.1, -0.05) is 0 Å². The van der Waals surface area contributed by atoms with Gasteiger partial charge in [0.2, 0.25) is 0 Å². The van der Waals surface area contributed by atoms with E-state index in [0.717, 1.165) is 11.1 Å². The fourth-order valence-electron chi connectivity index (χ4n) is 1.56. The van der Waals surface area contributed by atoms with Gasteiger partial charge in [0.15, 0.2) is 0 Å². The van der Waals surface area contributed by atoms with Gasteiger partial charge in [0.25, 0.3) is 0 Å². The summed E-state index contributed by atoms with van der Waals surface area (Å²) in [6, 6.07) is 6.23. The normalized spacial score (nSPS) is 13.2. The molecule has 16 heavy (non-hydrogen) atoms. The van der Waals surface area contributed by atoms with Crippen LogP contribution in [-0.2, 0) is 6.54 Å². The van der Waals surface area contributed by atoms with Crippen molar-refractivity contribution in [1.82, 2.24) is 5.32 Å². The summed E-state index contributed by atoms with van der Waals surface area (Å²) in [6.07, 6.45) is -0.387. The fourth-order valence-corrected chi connectivity index (χ4v) is 1.56. The lowest BCUT2D eigenvalue weighted by molar-refractivity contribution is 0.190. The van der Waals surface area contributed by atoms with Gasteiger partial charge in [-0.3, -0.25) is 0 Å². The Morgan fingerprint density at radius 3 is 3.00 bits per heavy atom. The zero-order chi connectivity index (χ0) is 11.5. The van der Waals surface area contributed by atoms with Gasteiger partial charge in [-0.15, -0.1) is 0 Å². The summed E-state index contributed by atoms with van der Waals surface area (Å²) in [7, 11) is 0. The fraction of sp³-hybridized carbons (Fsp3) is 0.333. The van der Waals surface area contributed by atoms with Crippen LogP contribution in [0.5, 0.6) is 0 Å². The summed E-state index contributed by atoms with van der Waals surface area (Å²) in [5.41, 5.74) is 0.676. The molecule has 0 saturated carbocycles. The van der Waals surface area contributed by atoms with E-state index < -0.39 is 0 Å². The molecule has 0 aliphatic rings. The Morgan fingerprint density at radius 2 is 2.25 bits per heavy atom. The monoisotopic (exact) mass is 223 g/mol. The van der Waals surface area contributed by atoms with Crippen molar-refractivity contribution >= 4 is 11.0 Å². The molecule has 1 aromatic heterocycles. The molecule has 1 heterocycles. The second-order valence-corrected chi connectivity index (χ2v) is 3.87. The van der Waals surface area contributed by atoms with Gasteiger partial charge in [0, 0.05) is 11.9 Å². The molecule has 4 heteroatoms. The van der Waals surface area contributed by atoms with Gasteiger partial charge in [-0.2, -0.15) is 0 Å². The van der Waals surface area contributed by atoms with Crippen molar-refractivity contribution in [2.24, 2.45) is 0 Å². The standard InChI is InChI=1S/C12H14FNO2/c1-8(15)6-14-7-11-5-9-4-10(13)2-3-12(9)16-11/h2-5,8,14-15H,6-7H2,1H3/t8-/m1/s1. The summed E-state index contributed by atoms with van der Waals surface area (Å²) >= 11 is 0. The molecule has 3 nitrogen and oxygen atoms in total. The van der Waals surface area contributed by atoms with Crippen LogP contribution in [0.25, 0.3) is 11.0 Å². The predicted molar refractivity (Wildman–Crippen MR) is 59.6 cm³/mol. The Morgan fingerprint density at radius 1 is 1.44 bits per heavy atom. The van der Waals surface area contributed by atoms with Gasteiger partial charge in [-0.25, -0.2) is 4.39 Å². The Balaban J connectivity index is 2.08. The first kappa shape index (κ1) is 11.1. The van der Waals surface area contributed by atoms with Gasteiger partial charge in [-0.05, 0) is 31.2 Å². The van der Waals surface area contributed by atoms with Crippen molar-refractivity contribution in [1.29, 1.82) is 0 Å². The Hall–Kier alpha value is -1.39. The molecule has 0 unspecified atom stereocenters. The molecule has 2 N–H and O–H groups in total. The first-order valence-electron chi connectivity index (χ1n) is 5.22. The predicted octanol–water partition coefficient (Wildman–Crippen LogP) is 2.04. The van der Waals surface area contributed by atoms with Gasteiger partial charge in [0.05, 0.1) is 12.6 Å². The van der Waals surface area contributed by atoms with Gasteiger partial charge in [0.1, 0.15) is 17.2 Å². The number of aliphatic hydroxyl groups excluding tert-OH is 1. The number of rotatable bonds is 4. The molecule has 0 bridgehead atoms. The van der Waals surface area contributed by atoms with E-state index in [0.29, 0.717) is 18.7 Å². The lowest BCUT2D eigenvalue weighted by Crippen LogP contribution is -2.23. The summed E-state index contributed by atoms with van der Waals surface area (Å²) in [4.78, 5) is 0. The molecule has 0 aliphatic heterocycles. The lowest BCUT2D eigenvalue weighted by atomic mass is 10.2. The van der Waals surface area contributed by atoms with E-state index in [1.165, 1.54) is 12.1 Å². The second kappa shape index (κ2) is 4.63. The number of halogens is 1. The van der Waals surface area contributed by atoms with Crippen molar-refractivity contribution < 1.29 is 13.9 Å². The first-order valence-corrected chi connectivity index (χ1v) is 5.22. The van der Waals surface area contributed by atoms with Crippen LogP contribution in [0, 0.1) is 5.82 Å². The van der Waals surface area contributed by atoms with E-state index >= 15 is 0 Å². The van der Waals surface area contributed by atoms with Crippen LogP contribution >= 0.6 is 0 Å². The van der Waals surface area contributed by atoms with Crippen molar-refractivity contribution in [3.8, 4) is 0 Å². The SMILES string of the molecule is C[C@@H](O)CNCc1cc2cc(F)ccc2o1. The molecule has 0 amide bonds. The zero-order valence-corrected chi connectivity index (χ0v) is 9.03. The summed E-state index contributed by atoms with van der Waals surface area (Å²) < 4.78 is 18.4. The third kappa shape index (κ3) is 2.59. The van der Waals surface area contributed by atoms with Crippen LogP contribution in [0.15, 0.2) is 28.7 Å². The van der Waals surface area contributed by atoms with Crippen molar-refractivity contribution in [3.05, 3.63) is 35.8 Å². The van der Waals surface area contributed by atoms with E-state index in [9.17, 15) is 4.39 Å². The van der Waals surface area contributed by atoms with E-state index in [4.69, 9.17) is 9.52 Å². The van der Waals surface area contributed by atoms with E-state index in [1.54, 1.807) is 19.1 Å². The number of hydrogen-bond donors (Lipinski definition) is 2. The number of fused-ring (bicyclic) bond motifs is 1. The number of aliphatic hydroxyl groups is 1. The van der Waals surface area contributed by atoms with Crippen LogP contribution in [0.2, 0.25) is 0 Å². The van der Waals surface area contributed by atoms with Crippen molar-refractivity contribution in [2.75, 3.05) is 6.54 Å². The number of hydrogen-bond acceptors (Lipinski definition) is 3. The highest BCUT2D eigenvalue weighted by Crippen LogP contribution is 2.20. The van der Waals surface area contributed by atoms with Crippen molar-refractivity contribution in [3.63, 3.8) is 0 Å². The molecule has 0 spiro atoms. The minimum absolute atomic E-state index is 0.267. The summed E-state index contributed by atoms with van der Waals surface area (Å²) in [6.45, 7) is 2.74. The molecule has 0 aliphatic carbocycles. The Labute approximate surface area is 92.9 Å². The van der Waals surface area contributed by atoms with Gasteiger partial charge >= 0.3 is 0 Å². The molecule has 2 aromatic rings. The highest BCUT2D eigenvalue weighted by Gasteiger charge is 2.04. The number of nitrogens with one attached hydrogen (secondary N) is 1. The van der Waals surface area contributed by atoms with Gasteiger partial charge < -0.3 is 14.8 Å². The smallest absolute Gasteiger partial charge is 0.134 e. The highest BCUT2D eigenvalue weighted by molar-refractivity contribution is 5.77. The maximum Gasteiger partial charge on any atom is 0.134 e. The quantitative estimate of drug-likeness (QED) is 0.833. The van der Waals surface area contributed by atoms with Crippen LogP contribution in [0.4, 0.5) is 4.39 Å². The van der Waals surface area contributed by atoms with Crippen molar-refractivity contribution in [2.45, 2.75) is 19.6 Å². The van der Waals surface area contributed by atoms with Crippen LogP contribution in [0.1, 0.15) is 12.7 Å². The van der Waals surface area contributed by atoms with Crippen LogP contribution in [-0.4, -0.2) is 17.8 Å². The van der Waals surface area contributed by atoms with E-state index in [-0.39, 0.29) is 11.9 Å². The lowest BCUT2D eigenvalue weighted by Gasteiger charge is -2.03. The molecule has 1 aromatic carbocycles. The highest BCUT2D eigenvalue weighted by atomic mass is 19.1. The second-order valence-electron chi connectivity index (χ2n) is 3.87. The molecule has 86 valence electrons. The molecule has 0 saturated heterocycles. The molecule has 2 rings (SSSR count). The topological polar surface area (TPSA) is 45.4 Å². The minimum atomic E-state index is -0.387. The maximum absolute atomic E-state index is 12.9. The Bertz CT molecular complexity index is 479. The van der Waals surface area contributed by atoms with Crippen LogP contribution in [0.3, 0.4) is 0 Å². The van der Waals surface area contributed by atoms with E-state index in [2.05, 4.69) is 5.32 Å². The third-order valence-electron chi connectivity index (χ3n) is 2.27. The average molecular weight is 223 g/mol. The Kier molecular flexibility index (Phi) is 3.22. The summed E-state index contributed by atoms with van der Waals surface area (Å²) in [5.74, 6) is 0.470. The molecular formula is C12H14FNO2. The molecule has 1 atom stereocenters. The average Bonchev–Trinajstić information content (AvgIpc) is 2.58. The third-order valence-corrected chi connectivity index (χ3v) is 2.27. The number of benzene rings is 1. The van der Waals surface area contributed by atoms with Crippen LogP contribution < -0.4 is 5.32 Å². The molecule has 0 radical (unpaired) electrons. The largest absolute Gasteiger partial charge is 0.460 e.